The van der Waals surface area contributed by atoms with Gasteiger partial charge in [-0.25, -0.2) is 0 Å². The van der Waals surface area contributed by atoms with Crippen molar-refractivity contribution in [2.24, 2.45) is 35.5 Å². The van der Waals surface area contributed by atoms with Crippen LogP contribution in [0.2, 0.25) is 0 Å². The van der Waals surface area contributed by atoms with Crippen LogP contribution in [0.3, 0.4) is 0 Å². The Balaban J connectivity index is 1.20. The van der Waals surface area contributed by atoms with E-state index in [1.807, 2.05) is 0 Å². The van der Waals surface area contributed by atoms with Gasteiger partial charge in [0.15, 0.2) is 11.4 Å². The van der Waals surface area contributed by atoms with Crippen molar-refractivity contribution in [3.63, 3.8) is 0 Å². The predicted octanol–water partition coefficient (Wildman–Crippen LogP) is 15.5. The van der Waals surface area contributed by atoms with E-state index in [2.05, 4.69) is 164 Å². The molecule has 0 atom stereocenters. The Bertz CT molecular complexity index is 2330. The van der Waals surface area contributed by atoms with Gasteiger partial charge >= 0.3 is 0 Å². The summed E-state index contributed by atoms with van der Waals surface area (Å²) in [6.07, 6.45) is 16.4. The van der Waals surface area contributed by atoms with Gasteiger partial charge in [-0.3, -0.25) is 0 Å². The topological polar surface area (TPSA) is 24.1 Å². The molecule has 0 radical (unpaired) electrons. The molecule has 4 aromatic carbocycles. The first-order valence-corrected chi connectivity index (χ1v) is 25.1. The molecule has 1 heterocycles. The smallest absolute Gasteiger partial charge is 0.212 e. The van der Waals surface area contributed by atoms with Crippen LogP contribution in [0, 0.1) is 35.5 Å². The number of rotatable bonds is 6. The number of pyridine rings is 1. The Morgan fingerprint density at radius 2 is 0.683 bits per heavy atom. The highest BCUT2D eigenvalue weighted by atomic mass is 16.3. The average molecular weight is 837 g/mol. The highest BCUT2D eigenvalue weighted by Gasteiger charge is 2.59. The van der Waals surface area contributed by atoms with Gasteiger partial charge in [-0.15, -0.1) is 0 Å². The molecule has 1 N–H and O–H groups in total. The zero-order chi connectivity index (χ0) is 43.8. The summed E-state index contributed by atoms with van der Waals surface area (Å²) in [6, 6.07) is 38.1. The Labute approximate surface area is 380 Å². The number of hydrogen-bond donors (Lipinski definition) is 1. The Morgan fingerprint density at radius 1 is 0.397 bits per heavy atom. The Kier molecular flexibility index (Phi) is 9.50. The van der Waals surface area contributed by atoms with E-state index < -0.39 is 0 Å². The minimum atomic E-state index is 0.0482. The lowest BCUT2D eigenvalue weighted by molar-refractivity contribution is -0.624. The lowest BCUT2D eigenvalue weighted by Gasteiger charge is -2.56. The molecule has 0 saturated heterocycles. The molecule has 2 heteroatoms. The third kappa shape index (κ3) is 7.24. The molecule has 0 aliphatic heterocycles. The third-order valence-corrected chi connectivity index (χ3v) is 17.8. The first-order valence-electron chi connectivity index (χ1n) is 25.1. The fraction of sp³-hybridized carbons (Fsp3) is 0.525. The number of phenols is 1. The Morgan fingerprint density at radius 3 is 0.968 bits per heavy atom. The number of phenolic OH excluding ortho intramolecular Hbond substituents is 1. The van der Waals surface area contributed by atoms with Crippen LogP contribution in [0.5, 0.6) is 5.75 Å². The van der Waals surface area contributed by atoms with Gasteiger partial charge in [-0.05, 0) is 168 Å². The summed E-state index contributed by atoms with van der Waals surface area (Å²) in [5, 5.41) is 12.7. The maximum atomic E-state index is 12.7. The van der Waals surface area contributed by atoms with Crippen molar-refractivity contribution in [3.8, 4) is 44.8 Å². The lowest BCUT2D eigenvalue weighted by atomic mass is 9.47. The van der Waals surface area contributed by atoms with E-state index in [0.717, 1.165) is 57.8 Å². The lowest BCUT2D eigenvalue weighted by Crippen LogP contribution is -2.59. The summed E-state index contributed by atoms with van der Waals surface area (Å²) in [5.41, 5.74) is 15.7. The molecule has 8 saturated carbocycles. The second kappa shape index (κ2) is 14.4. The SMILES string of the molecule is CC(C)(C)c1ccc(-c2cc(C34CC5C[C@H](C3)C[C@H](C5)C4)[n+](-c3cc(-c4ccc(C(C)(C)C)cc4)c(O)c(-c4ccc(C(C)(C)C)cc4)c3)c(C34CC5C[C@H](C3)C[C@H](C5)C4)c2)cc1. The minimum absolute atomic E-state index is 0.0482. The number of nitrogens with zero attached hydrogens (tertiary/aromatic N) is 1. The van der Waals surface area contributed by atoms with Gasteiger partial charge in [0.2, 0.25) is 5.69 Å². The zero-order valence-electron chi connectivity index (χ0n) is 40.1. The molecule has 13 rings (SSSR count). The molecule has 63 heavy (non-hydrogen) atoms. The molecular formula is C61H74NO+. The molecule has 0 amide bonds. The van der Waals surface area contributed by atoms with Gasteiger partial charge in [0.25, 0.3) is 0 Å². The summed E-state index contributed by atoms with van der Waals surface area (Å²) in [7, 11) is 0. The van der Waals surface area contributed by atoms with Crippen LogP contribution in [-0.4, -0.2) is 5.11 Å². The fourth-order valence-electron chi connectivity index (χ4n) is 15.3. The van der Waals surface area contributed by atoms with Crippen LogP contribution in [-0.2, 0) is 27.1 Å². The highest BCUT2D eigenvalue weighted by molar-refractivity contribution is 5.84. The first-order chi connectivity index (χ1) is 29.8. The van der Waals surface area contributed by atoms with Crippen LogP contribution in [0.15, 0.2) is 97.1 Å². The monoisotopic (exact) mass is 837 g/mol. The third-order valence-electron chi connectivity index (χ3n) is 17.8. The van der Waals surface area contributed by atoms with Crippen molar-refractivity contribution in [1.82, 2.24) is 0 Å². The quantitative estimate of drug-likeness (QED) is 0.169. The second-order valence-corrected chi connectivity index (χ2v) is 25.6. The van der Waals surface area contributed by atoms with Crippen molar-refractivity contribution in [2.75, 3.05) is 0 Å². The molecule has 5 aromatic rings. The Hall–Kier alpha value is -4.17. The summed E-state index contributed by atoms with van der Waals surface area (Å²) < 4.78 is 2.90. The molecule has 8 aliphatic rings. The van der Waals surface area contributed by atoms with E-state index in [1.54, 1.807) is 11.4 Å². The van der Waals surface area contributed by atoms with Crippen LogP contribution >= 0.6 is 0 Å². The van der Waals surface area contributed by atoms with Gasteiger partial charge in [-0.1, -0.05) is 135 Å². The van der Waals surface area contributed by atoms with Crippen LogP contribution < -0.4 is 4.57 Å². The minimum Gasteiger partial charge on any atom is -0.507 e. The van der Waals surface area contributed by atoms with Crippen molar-refractivity contribution < 1.29 is 9.67 Å². The molecule has 2 nitrogen and oxygen atoms in total. The van der Waals surface area contributed by atoms with Gasteiger partial charge in [0.1, 0.15) is 5.75 Å². The van der Waals surface area contributed by atoms with Gasteiger partial charge in [-0.2, -0.15) is 4.57 Å². The molecule has 0 spiro atoms. The van der Waals surface area contributed by atoms with E-state index in [-0.39, 0.29) is 27.1 Å². The maximum Gasteiger partial charge on any atom is 0.212 e. The normalized spacial score (nSPS) is 29.7. The first kappa shape index (κ1) is 41.5. The van der Waals surface area contributed by atoms with E-state index in [4.69, 9.17) is 0 Å². The van der Waals surface area contributed by atoms with Gasteiger partial charge < -0.3 is 5.11 Å². The number of aromatic hydroxyl groups is 1. The largest absolute Gasteiger partial charge is 0.507 e. The van der Waals surface area contributed by atoms with E-state index >= 15 is 0 Å². The molecule has 1 aromatic heterocycles. The van der Waals surface area contributed by atoms with Gasteiger partial charge in [0, 0.05) is 35.4 Å². The highest BCUT2D eigenvalue weighted by Crippen LogP contribution is 2.63. The van der Waals surface area contributed by atoms with Crippen LogP contribution in [0.1, 0.15) is 167 Å². The van der Waals surface area contributed by atoms with Gasteiger partial charge in [0.05, 0.1) is 10.8 Å². The fourth-order valence-corrected chi connectivity index (χ4v) is 15.3. The van der Waals surface area contributed by atoms with E-state index in [0.29, 0.717) is 5.75 Å². The summed E-state index contributed by atoms with van der Waals surface area (Å²) in [6.45, 7) is 20.7. The molecule has 328 valence electrons. The predicted molar refractivity (Wildman–Crippen MR) is 262 cm³/mol. The molecule has 0 unspecified atom stereocenters. The summed E-state index contributed by atoms with van der Waals surface area (Å²) in [4.78, 5) is 0. The molecular weight excluding hydrogens is 763 g/mol. The summed E-state index contributed by atoms with van der Waals surface area (Å²) in [5.74, 6) is 5.36. The second-order valence-electron chi connectivity index (χ2n) is 25.6. The number of hydrogen-bond acceptors (Lipinski definition) is 1. The molecule has 8 aliphatic carbocycles. The maximum absolute atomic E-state index is 12.7. The van der Waals surface area contributed by atoms with Crippen LogP contribution in [0.4, 0.5) is 0 Å². The number of aromatic nitrogens is 1. The van der Waals surface area contributed by atoms with E-state index in [9.17, 15) is 5.11 Å². The zero-order valence-corrected chi connectivity index (χ0v) is 40.1. The standard InChI is InChI=1S/C61H73NO/c1-57(2,3)48-16-10-44(11-17-48)47-28-54(60-32-38-22-39(33-60)24-40(23-38)34-60)62(55(29-47)61-35-41-25-42(36-61)27-43(26-41)37-61)51-30-52(45-12-18-49(19-13-45)58(4,5)6)56(63)53(31-51)46-14-20-50(21-15-46)59(7,8)9/h10-21,28-31,38-43H,22-27,32-37H2,1-9H3/p+1/t38-,39-,40?,41-,42-,43?,60?,61?/m1/s1. The molecule has 8 fully saturated rings. The van der Waals surface area contributed by atoms with E-state index in [1.165, 1.54) is 111 Å². The average Bonchev–Trinajstić information content (AvgIpc) is 3.22. The molecule has 8 bridgehead atoms. The van der Waals surface area contributed by atoms with Crippen molar-refractivity contribution in [2.45, 2.75) is 166 Å². The summed E-state index contributed by atoms with van der Waals surface area (Å²) >= 11 is 0. The van der Waals surface area contributed by atoms with Crippen molar-refractivity contribution >= 4 is 0 Å². The van der Waals surface area contributed by atoms with Crippen molar-refractivity contribution in [3.05, 3.63) is 125 Å². The number of benzene rings is 4. The van der Waals surface area contributed by atoms with Crippen molar-refractivity contribution in [1.29, 1.82) is 0 Å². The van der Waals surface area contributed by atoms with Crippen LogP contribution in [0.25, 0.3) is 39.1 Å².